The molecule has 1 heterocycles. The van der Waals surface area contributed by atoms with Crippen LogP contribution in [0.2, 0.25) is 0 Å². The highest BCUT2D eigenvalue weighted by molar-refractivity contribution is 5.10. The van der Waals surface area contributed by atoms with Crippen LogP contribution in [0.15, 0.2) is 6.07 Å². The molecule has 0 aliphatic carbocycles. The molecule has 0 amide bonds. The molecule has 104 valence electrons. The number of nitrogens with one attached hydrogen (secondary N) is 1. The largest absolute Gasteiger partial charge is 0.314 e. The van der Waals surface area contributed by atoms with Gasteiger partial charge in [0, 0.05) is 25.2 Å². The Bertz CT molecular complexity index is 342. The molecule has 1 aromatic heterocycles. The van der Waals surface area contributed by atoms with Crippen LogP contribution in [0.5, 0.6) is 0 Å². The molecule has 1 rings (SSSR count). The molecule has 3 nitrogen and oxygen atoms in total. The summed E-state index contributed by atoms with van der Waals surface area (Å²) in [5, 5.41) is 8.10. The van der Waals surface area contributed by atoms with Crippen molar-refractivity contribution in [2.45, 2.75) is 59.4 Å². The molecule has 0 aromatic carbocycles. The van der Waals surface area contributed by atoms with Crippen molar-refractivity contribution in [3.63, 3.8) is 0 Å². The van der Waals surface area contributed by atoms with Crippen LogP contribution >= 0.6 is 0 Å². The van der Waals surface area contributed by atoms with Gasteiger partial charge in [-0.15, -0.1) is 0 Å². The van der Waals surface area contributed by atoms with E-state index in [9.17, 15) is 0 Å². The van der Waals surface area contributed by atoms with Crippen molar-refractivity contribution in [2.24, 2.45) is 13.0 Å². The molecular formula is C15H29N3. The number of nitrogens with zero attached hydrogens (tertiary/aromatic N) is 2. The fraction of sp³-hybridized carbons (Fsp3) is 0.800. The van der Waals surface area contributed by atoms with E-state index < -0.39 is 0 Å². The van der Waals surface area contributed by atoms with Crippen molar-refractivity contribution in [2.75, 3.05) is 6.54 Å². The highest BCUT2D eigenvalue weighted by Crippen LogP contribution is 2.12. The van der Waals surface area contributed by atoms with Crippen LogP contribution in [-0.2, 0) is 13.5 Å². The van der Waals surface area contributed by atoms with Gasteiger partial charge in [-0.1, -0.05) is 20.8 Å². The predicted molar refractivity (Wildman–Crippen MR) is 77.8 cm³/mol. The molecule has 0 bridgehead atoms. The smallest absolute Gasteiger partial charge is 0.0596 e. The Morgan fingerprint density at radius 2 is 2.06 bits per heavy atom. The van der Waals surface area contributed by atoms with E-state index in [1.165, 1.54) is 25.0 Å². The number of aromatic nitrogens is 2. The number of aryl methyl sites for hydroxylation is 2. The van der Waals surface area contributed by atoms with Crippen molar-refractivity contribution in [3.8, 4) is 0 Å². The van der Waals surface area contributed by atoms with Gasteiger partial charge >= 0.3 is 0 Å². The van der Waals surface area contributed by atoms with Crippen molar-refractivity contribution in [3.05, 3.63) is 17.5 Å². The van der Waals surface area contributed by atoms with Crippen LogP contribution in [0.25, 0.3) is 0 Å². The third-order valence-corrected chi connectivity index (χ3v) is 3.33. The van der Waals surface area contributed by atoms with E-state index in [2.05, 4.69) is 44.2 Å². The molecule has 0 aliphatic rings. The van der Waals surface area contributed by atoms with Gasteiger partial charge in [0.05, 0.1) is 5.69 Å². The fourth-order valence-corrected chi connectivity index (χ4v) is 2.27. The van der Waals surface area contributed by atoms with Gasteiger partial charge in [-0.05, 0) is 44.7 Å². The van der Waals surface area contributed by atoms with Gasteiger partial charge in [0.15, 0.2) is 0 Å². The van der Waals surface area contributed by atoms with Gasteiger partial charge < -0.3 is 5.32 Å². The minimum Gasteiger partial charge on any atom is -0.314 e. The molecule has 1 unspecified atom stereocenters. The topological polar surface area (TPSA) is 29.9 Å². The van der Waals surface area contributed by atoms with Crippen LogP contribution < -0.4 is 5.32 Å². The molecule has 0 saturated carbocycles. The zero-order chi connectivity index (χ0) is 13.5. The minimum absolute atomic E-state index is 0.585. The van der Waals surface area contributed by atoms with Gasteiger partial charge in [-0.3, -0.25) is 4.68 Å². The van der Waals surface area contributed by atoms with Crippen LogP contribution in [0.4, 0.5) is 0 Å². The van der Waals surface area contributed by atoms with E-state index in [1.54, 1.807) is 0 Å². The summed E-state index contributed by atoms with van der Waals surface area (Å²) in [5.74, 6) is 0.782. The van der Waals surface area contributed by atoms with Crippen molar-refractivity contribution >= 4 is 0 Å². The highest BCUT2D eigenvalue weighted by atomic mass is 15.3. The van der Waals surface area contributed by atoms with Crippen molar-refractivity contribution in [1.82, 2.24) is 15.1 Å². The Morgan fingerprint density at radius 1 is 1.33 bits per heavy atom. The van der Waals surface area contributed by atoms with E-state index >= 15 is 0 Å². The van der Waals surface area contributed by atoms with E-state index in [0.717, 1.165) is 24.6 Å². The molecule has 1 aromatic rings. The van der Waals surface area contributed by atoms with Gasteiger partial charge in [-0.25, -0.2) is 0 Å². The molecule has 3 heteroatoms. The van der Waals surface area contributed by atoms with Gasteiger partial charge in [0.2, 0.25) is 0 Å². The molecule has 18 heavy (non-hydrogen) atoms. The molecule has 0 radical (unpaired) electrons. The van der Waals surface area contributed by atoms with Crippen molar-refractivity contribution in [1.29, 1.82) is 0 Å². The van der Waals surface area contributed by atoms with Gasteiger partial charge in [-0.2, -0.15) is 5.10 Å². The van der Waals surface area contributed by atoms with Crippen LogP contribution in [-0.4, -0.2) is 22.4 Å². The Labute approximate surface area is 112 Å². The van der Waals surface area contributed by atoms with Crippen LogP contribution in [0, 0.1) is 12.8 Å². The molecule has 0 fully saturated rings. The molecule has 0 spiro atoms. The third kappa shape index (κ3) is 5.21. The number of hydrogen-bond acceptors (Lipinski definition) is 2. The maximum atomic E-state index is 4.43. The second kappa shape index (κ2) is 7.57. The first-order valence-electron chi connectivity index (χ1n) is 7.25. The lowest BCUT2D eigenvalue weighted by Crippen LogP contribution is -2.32. The second-order valence-electron chi connectivity index (χ2n) is 5.73. The maximum Gasteiger partial charge on any atom is 0.0596 e. The summed E-state index contributed by atoms with van der Waals surface area (Å²) in [6.07, 6.45) is 4.83. The Morgan fingerprint density at radius 3 is 2.56 bits per heavy atom. The molecular weight excluding hydrogens is 222 g/mol. The van der Waals surface area contributed by atoms with Crippen LogP contribution in [0.1, 0.15) is 51.4 Å². The van der Waals surface area contributed by atoms with Gasteiger partial charge in [0.25, 0.3) is 0 Å². The minimum atomic E-state index is 0.585. The average Bonchev–Trinajstić information content (AvgIpc) is 2.61. The first-order chi connectivity index (χ1) is 8.52. The zero-order valence-electron chi connectivity index (χ0n) is 12.7. The number of rotatable bonds is 8. The van der Waals surface area contributed by atoms with Crippen LogP contribution in [0.3, 0.4) is 0 Å². The Balaban J connectivity index is 2.56. The first-order valence-corrected chi connectivity index (χ1v) is 7.25. The summed E-state index contributed by atoms with van der Waals surface area (Å²) in [4.78, 5) is 0. The summed E-state index contributed by atoms with van der Waals surface area (Å²) >= 11 is 0. The molecule has 1 atom stereocenters. The normalized spacial score (nSPS) is 13.2. The van der Waals surface area contributed by atoms with Gasteiger partial charge in [0.1, 0.15) is 0 Å². The Kier molecular flexibility index (Phi) is 6.41. The standard InChI is InChI=1S/C15H29N3/c1-6-9-16-14(8-7-12(2)3)11-15-10-13(4)17-18(15)5/h10,12,14,16H,6-9,11H2,1-5H3. The monoisotopic (exact) mass is 251 g/mol. The van der Waals surface area contributed by atoms with E-state index in [1.807, 2.05) is 11.7 Å². The molecule has 0 saturated heterocycles. The van der Waals surface area contributed by atoms with E-state index in [-0.39, 0.29) is 0 Å². The fourth-order valence-electron chi connectivity index (χ4n) is 2.27. The predicted octanol–water partition coefficient (Wildman–Crippen LogP) is 3.08. The number of hydrogen-bond donors (Lipinski definition) is 1. The zero-order valence-corrected chi connectivity index (χ0v) is 12.7. The second-order valence-corrected chi connectivity index (χ2v) is 5.73. The van der Waals surface area contributed by atoms with E-state index in [0.29, 0.717) is 6.04 Å². The molecule has 0 aliphatic heterocycles. The summed E-state index contributed by atoms with van der Waals surface area (Å²) in [7, 11) is 2.04. The summed E-state index contributed by atoms with van der Waals surface area (Å²) in [6.45, 7) is 9.99. The first kappa shape index (κ1) is 15.2. The average molecular weight is 251 g/mol. The SMILES string of the molecule is CCCNC(CCC(C)C)Cc1cc(C)nn1C. The third-order valence-electron chi connectivity index (χ3n) is 3.33. The summed E-state index contributed by atoms with van der Waals surface area (Å²) in [5.41, 5.74) is 2.45. The Hall–Kier alpha value is -0.830. The maximum absolute atomic E-state index is 4.43. The lowest BCUT2D eigenvalue weighted by molar-refractivity contribution is 0.420. The lowest BCUT2D eigenvalue weighted by atomic mass is 10.00. The summed E-state index contributed by atoms with van der Waals surface area (Å²) < 4.78 is 2.02. The van der Waals surface area contributed by atoms with E-state index in [4.69, 9.17) is 0 Å². The van der Waals surface area contributed by atoms with Crippen molar-refractivity contribution < 1.29 is 0 Å². The highest BCUT2D eigenvalue weighted by Gasteiger charge is 2.12. The quantitative estimate of drug-likeness (QED) is 0.769. The lowest BCUT2D eigenvalue weighted by Gasteiger charge is -2.19. The summed E-state index contributed by atoms with van der Waals surface area (Å²) in [6, 6.07) is 2.79. The molecule has 1 N–H and O–H groups in total.